The van der Waals surface area contributed by atoms with Crippen molar-refractivity contribution in [3.63, 3.8) is 0 Å². The molecule has 1 amide bonds. The largest absolute Gasteiger partial charge is 0.470 e. The molecule has 2 aromatic rings. The number of nitrogens with two attached hydrogens (primary N) is 2. The second-order valence-electron chi connectivity index (χ2n) is 8.45. The van der Waals surface area contributed by atoms with Gasteiger partial charge in [-0.05, 0) is 25.1 Å². The van der Waals surface area contributed by atoms with E-state index in [1.165, 1.54) is 29.3 Å². The second kappa shape index (κ2) is 10.8. The molecule has 188 valence electrons. The number of anilines is 2. The SMILES string of the molecule is C/C(N)=C(\COc1ccc(N2CC(C(=O)N3CCOCC3)C2)nn1)N(N)c1ccc(C(F)F)cc1. The zero-order chi connectivity index (χ0) is 24.9. The summed E-state index contributed by atoms with van der Waals surface area (Å²) in [6.45, 7) is 5.31. The Morgan fingerprint density at radius 1 is 1.17 bits per heavy atom. The van der Waals surface area contributed by atoms with Crippen LogP contribution in [0, 0.1) is 5.92 Å². The number of benzene rings is 1. The molecular weight excluding hydrogens is 460 g/mol. The first kappa shape index (κ1) is 24.6. The lowest BCUT2D eigenvalue weighted by Gasteiger charge is -2.41. The molecule has 2 aliphatic rings. The molecule has 0 bridgehead atoms. The smallest absolute Gasteiger partial charge is 0.263 e. The normalized spacial score (nSPS) is 17.2. The van der Waals surface area contributed by atoms with Crippen LogP contribution in [0.4, 0.5) is 20.3 Å². The van der Waals surface area contributed by atoms with Crippen LogP contribution >= 0.6 is 0 Å². The van der Waals surface area contributed by atoms with E-state index in [1.54, 1.807) is 19.1 Å². The molecule has 2 fully saturated rings. The fourth-order valence-electron chi connectivity index (χ4n) is 3.87. The number of morpholine rings is 1. The van der Waals surface area contributed by atoms with Gasteiger partial charge in [0.1, 0.15) is 6.61 Å². The van der Waals surface area contributed by atoms with Gasteiger partial charge in [-0.3, -0.25) is 9.80 Å². The summed E-state index contributed by atoms with van der Waals surface area (Å²) in [6.07, 6.45) is -2.56. The van der Waals surface area contributed by atoms with Crippen LogP contribution in [0.3, 0.4) is 0 Å². The van der Waals surface area contributed by atoms with Crippen molar-refractivity contribution in [1.29, 1.82) is 0 Å². The highest BCUT2D eigenvalue weighted by Crippen LogP contribution is 2.26. The third-order valence-corrected chi connectivity index (χ3v) is 6.03. The summed E-state index contributed by atoms with van der Waals surface area (Å²) in [5, 5.41) is 9.60. The van der Waals surface area contributed by atoms with Crippen molar-refractivity contribution in [2.45, 2.75) is 13.3 Å². The van der Waals surface area contributed by atoms with Crippen LogP contribution in [0.5, 0.6) is 5.88 Å². The van der Waals surface area contributed by atoms with Gasteiger partial charge < -0.3 is 25.0 Å². The maximum atomic E-state index is 12.8. The predicted molar refractivity (Wildman–Crippen MR) is 126 cm³/mol. The third kappa shape index (κ3) is 5.77. The maximum Gasteiger partial charge on any atom is 0.263 e. The van der Waals surface area contributed by atoms with Gasteiger partial charge >= 0.3 is 0 Å². The fourth-order valence-corrected chi connectivity index (χ4v) is 3.87. The van der Waals surface area contributed by atoms with Crippen LogP contribution in [-0.2, 0) is 9.53 Å². The first-order chi connectivity index (χ1) is 16.8. The summed E-state index contributed by atoms with van der Waals surface area (Å²) in [6, 6.07) is 9.06. The summed E-state index contributed by atoms with van der Waals surface area (Å²) in [5.41, 5.74) is 7.23. The van der Waals surface area contributed by atoms with Crippen molar-refractivity contribution in [1.82, 2.24) is 15.1 Å². The van der Waals surface area contributed by atoms with E-state index in [9.17, 15) is 13.6 Å². The average Bonchev–Trinajstić information content (AvgIpc) is 2.84. The molecule has 0 atom stereocenters. The number of hydrogen-bond acceptors (Lipinski definition) is 9. The van der Waals surface area contributed by atoms with E-state index in [1.807, 2.05) is 9.80 Å². The predicted octanol–water partition coefficient (Wildman–Crippen LogP) is 1.66. The van der Waals surface area contributed by atoms with Crippen molar-refractivity contribution in [2.24, 2.45) is 17.5 Å². The van der Waals surface area contributed by atoms with Gasteiger partial charge in [-0.2, -0.15) is 0 Å². The Bertz CT molecular complexity index is 1030. The number of ether oxygens (including phenoxy) is 2. The van der Waals surface area contributed by atoms with Crippen LogP contribution in [0.2, 0.25) is 0 Å². The van der Waals surface area contributed by atoms with Gasteiger partial charge in [0.15, 0.2) is 5.82 Å². The number of carbonyl (C=O) groups is 1. The monoisotopic (exact) mass is 489 g/mol. The van der Waals surface area contributed by atoms with Gasteiger partial charge in [0.2, 0.25) is 11.8 Å². The lowest BCUT2D eigenvalue weighted by atomic mass is 9.98. The molecule has 0 spiro atoms. The number of carbonyl (C=O) groups excluding carboxylic acids is 1. The first-order valence-corrected chi connectivity index (χ1v) is 11.3. The molecular formula is C23H29F2N7O3. The van der Waals surface area contributed by atoms with Gasteiger partial charge in [0.05, 0.1) is 30.5 Å². The Kier molecular flexibility index (Phi) is 7.61. The lowest BCUT2D eigenvalue weighted by Crippen LogP contribution is -2.56. The second-order valence-corrected chi connectivity index (χ2v) is 8.45. The number of hydrazine groups is 1. The number of rotatable bonds is 8. The lowest BCUT2D eigenvalue weighted by molar-refractivity contribution is -0.140. The number of hydrogen-bond donors (Lipinski definition) is 2. The van der Waals surface area contributed by atoms with Crippen LogP contribution in [0.15, 0.2) is 47.8 Å². The van der Waals surface area contributed by atoms with Crippen LogP contribution in [0.25, 0.3) is 0 Å². The fraction of sp³-hybridized carbons (Fsp3) is 0.435. The Hall–Kier alpha value is -3.51. The van der Waals surface area contributed by atoms with Crippen LogP contribution in [-0.4, -0.2) is 67.0 Å². The number of allylic oxidation sites excluding steroid dienone is 1. The molecule has 0 aliphatic carbocycles. The van der Waals surface area contributed by atoms with E-state index in [2.05, 4.69) is 10.2 Å². The number of nitrogens with zero attached hydrogens (tertiary/aromatic N) is 5. The van der Waals surface area contributed by atoms with Crippen molar-refractivity contribution in [2.75, 3.05) is 55.9 Å². The molecule has 0 unspecified atom stereocenters. The maximum absolute atomic E-state index is 12.8. The molecule has 35 heavy (non-hydrogen) atoms. The number of amides is 1. The van der Waals surface area contributed by atoms with Gasteiger partial charge in [-0.15, -0.1) is 10.2 Å². The van der Waals surface area contributed by atoms with E-state index in [0.29, 0.717) is 62.3 Å². The summed E-state index contributed by atoms with van der Waals surface area (Å²) < 4.78 is 36.6. The molecule has 2 saturated heterocycles. The number of aromatic nitrogens is 2. The molecule has 2 aliphatic heterocycles. The average molecular weight is 490 g/mol. The minimum Gasteiger partial charge on any atom is -0.470 e. The molecule has 1 aromatic heterocycles. The topological polar surface area (TPSA) is 123 Å². The van der Waals surface area contributed by atoms with Gasteiger partial charge in [-0.25, -0.2) is 14.6 Å². The summed E-state index contributed by atoms with van der Waals surface area (Å²) >= 11 is 0. The zero-order valence-corrected chi connectivity index (χ0v) is 19.4. The molecule has 10 nitrogen and oxygen atoms in total. The van der Waals surface area contributed by atoms with Gasteiger partial charge in [0.25, 0.3) is 6.43 Å². The van der Waals surface area contributed by atoms with Crippen molar-refractivity contribution in [3.8, 4) is 5.88 Å². The van der Waals surface area contributed by atoms with Crippen molar-refractivity contribution in [3.05, 3.63) is 53.4 Å². The van der Waals surface area contributed by atoms with Crippen molar-refractivity contribution >= 4 is 17.4 Å². The minimum absolute atomic E-state index is 0.00327. The zero-order valence-electron chi connectivity index (χ0n) is 19.4. The van der Waals surface area contributed by atoms with E-state index in [-0.39, 0.29) is 29.9 Å². The quantitative estimate of drug-likeness (QED) is 0.421. The molecule has 0 saturated carbocycles. The number of halogens is 2. The van der Waals surface area contributed by atoms with E-state index in [4.69, 9.17) is 21.1 Å². The molecule has 0 radical (unpaired) electrons. The Balaban J connectivity index is 1.30. The van der Waals surface area contributed by atoms with E-state index >= 15 is 0 Å². The molecule has 3 heterocycles. The van der Waals surface area contributed by atoms with Crippen molar-refractivity contribution < 1.29 is 23.0 Å². The molecule has 1 aromatic carbocycles. The minimum atomic E-state index is -2.56. The third-order valence-electron chi connectivity index (χ3n) is 6.03. The van der Waals surface area contributed by atoms with E-state index < -0.39 is 6.43 Å². The standard InChI is InChI=1S/C23H29F2N7O3/c1-15(26)19(32(27)18-4-2-16(3-5-18)22(24)25)14-35-21-7-6-20(28-29-21)31-12-17(13-31)23(33)30-8-10-34-11-9-30/h2-7,17,22H,8-14,26-27H2,1H3/b19-15-. The van der Waals surface area contributed by atoms with E-state index in [0.717, 1.165) is 0 Å². The molecule has 4 rings (SSSR count). The highest BCUT2D eigenvalue weighted by molar-refractivity contribution is 5.82. The summed E-state index contributed by atoms with van der Waals surface area (Å²) in [7, 11) is 0. The Morgan fingerprint density at radius 2 is 1.86 bits per heavy atom. The number of alkyl halides is 2. The van der Waals surface area contributed by atoms with Gasteiger partial charge in [0, 0.05) is 43.5 Å². The van der Waals surface area contributed by atoms with Gasteiger partial charge in [-0.1, -0.05) is 12.1 Å². The highest BCUT2D eigenvalue weighted by Gasteiger charge is 2.36. The van der Waals surface area contributed by atoms with Crippen LogP contribution < -0.4 is 26.2 Å². The molecule has 12 heteroatoms. The Labute approximate surface area is 202 Å². The summed E-state index contributed by atoms with van der Waals surface area (Å²) in [5.74, 6) is 7.20. The highest BCUT2D eigenvalue weighted by atomic mass is 19.3. The first-order valence-electron chi connectivity index (χ1n) is 11.3. The molecule has 4 N–H and O–H groups in total. The Morgan fingerprint density at radius 3 is 2.43 bits per heavy atom. The van der Waals surface area contributed by atoms with Crippen LogP contribution in [0.1, 0.15) is 18.9 Å². The summed E-state index contributed by atoms with van der Waals surface area (Å²) in [4.78, 5) is 16.4.